The van der Waals surface area contributed by atoms with Gasteiger partial charge in [-0.25, -0.2) is 0 Å². The van der Waals surface area contributed by atoms with E-state index in [-0.39, 0.29) is 5.41 Å². The van der Waals surface area contributed by atoms with Crippen molar-refractivity contribution in [2.75, 3.05) is 18.9 Å². The van der Waals surface area contributed by atoms with Gasteiger partial charge < -0.3 is 15.2 Å². The van der Waals surface area contributed by atoms with Crippen molar-refractivity contribution in [2.24, 2.45) is 0 Å². The Kier molecular flexibility index (Phi) is 4.73. The highest BCUT2D eigenvalue weighted by molar-refractivity contribution is 5.41. The summed E-state index contributed by atoms with van der Waals surface area (Å²) in [7, 11) is 0. The molecule has 21 heavy (non-hydrogen) atoms. The molecule has 0 atom stereocenters. The Morgan fingerprint density at radius 1 is 0.762 bits per heavy atom. The minimum Gasteiger partial charge on any atom is -0.490 e. The Morgan fingerprint density at radius 2 is 1.19 bits per heavy atom. The Labute approximate surface area is 126 Å². The minimum atomic E-state index is 0.163. The van der Waals surface area contributed by atoms with Gasteiger partial charge in [-0.1, -0.05) is 32.9 Å². The standard InChI is InChI=1S/C18H23NO2/c1-18(2,3)14-4-8-16(9-5-14)20-12-13-21-17-10-6-15(19)7-11-17/h4-11H,12-13,19H2,1-3H3. The van der Waals surface area contributed by atoms with Gasteiger partial charge in [0.05, 0.1) is 0 Å². The lowest BCUT2D eigenvalue weighted by Gasteiger charge is -2.19. The predicted octanol–water partition coefficient (Wildman–Crippen LogP) is 4.02. The van der Waals surface area contributed by atoms with Crippen LogP contribution in [0.2, 0.25) is 0 Å². The lowest BCUT2D eigenvalue weighted by atomic mass is 9.87. The highest BCUT2D eigenvalue weighted by atomic mass is 16.5. The van der Waals surface area contributed by atoms with Crippen LogP contribution in [0.15, 0.2) is 48.5 Å². The third-order valence-electron chi connectivity index (χ3n) is 3.22. The van der Waals surface area contributed by atoms with Crippen molar-refractivity contribution < 1.29 is 9.47 Å². The third-order valence-corrected chi connectivity index (χ3v) is 3.22. The molecule has 0 bridgehead atoms. The lowest BCUT2D eigenvalue weighted by molar-refractivity contribution is 0.217. The van der Waals surface area contributed by atoms with Crippen LogP contribution in [0.3, 0.4) is 0 Å². The van der Waals surface area contributed by atoms with E-state index in [1.54, 1.807) is 0 Å². The van der Waals surface area contributed by atoms with Crippen molar-refractivity contribution in [1.29, 1.82) is 0 Å². The van der Waals surface area contributed by atoms with Crippen LogP contribution in [-0.2, 0) is 5.41 Å². The maximum absolute atomic E-state index is 5.67. The monoisotopic (exact) mass is 285 g/mol. The fourth-order valence-corrected chi connectivity index (χ4v) is 1.93. The molecule has 0 spiro atoms. The summed E-state index contributed by atoms with van der Waals surface area (Å²) in [5, 5.41) is 0. The zero-order valence-corrected chi connectivity index (χ0v) is 12.9. The van der Waals surface area contributed by atoms with Crippen LogP contribution in [0, 0.1) is 0 Å². The number of nitrogen functional groups attached to an aromatic ring is 1. The molecule has 0 heterocycles. The molecular weight excluding hydrogens is 262 g/mol. The number of anilines is 1. The number of hydrogen-bond donors (Lipinski definition) is 1. The van der Waals surface area contributed by atoms with Crippen LogP contribution in [0.4, 0.5) is 5.69 Å². The van der Waals surface area contributed by atoms with Crippen LogP contribution in [0.1, 0.15) is 26.3 Å². The third kappa shape index (κ3) is 4.71. The van der Waals surface area contributed by atoms with Gasteiger partial charge >= 0.3 is 0 Å². The van der Waals surface area contributed by atoms with Gasteiger partial charge in [-0.2, -0.15) is 0 Å². The molecule has 0 aliphatic rings. The average Bonchev–Trinajstić information content (AvgIpc) is 2.45. The molecule has 2 rings (SSSR count). The van der Waals surface area contributed by atoms with E-state index < -0.39 is 0 Å². The van der Waals surface area contributed by atoms with Gasteiger partial charge in [-0.15, -0.1) is 0 Å². The Morgan fingerprint density at radius 3 is 1.62 bits per heavy atom. The molecule has 2 N–H and O–H groups in total. The summed E-state index contributed by atoms with van der Waals surface area (Å²) in [4.78, 5) is 0. The summed E-state index contributed by atoms with van der Waals surface area (Å²) >= 11 is 0. The van der Waals surface area contributed by atoms with Crippen LogP contribution >= 0.6 is 0 Å². The normalized spacial score (nSPS) is 11.2. The molecule has 0 radical (unpaired) electrons. The van der Waals surface area contributed by atoms with Crippen LogP contribution in [0.5, 0.6) is 11.5 Å². The molecule has 0 aliphatic carbocycles. The van der Waals surface area contributed by atoms with E-state index in [1.165, 1.54) is 5.56 Å². The number of ether oxygens (including phenoxy) is 2. The van der Waals surface area contributed by atoms with E-state index in [9.17, 15) is 0 Å². The second kappa shape index (κ2) is 6.53. The summed E-state index contributed by atoms with van der Waals surface area (Å²) in [6.07, 6.45) is 0. The molecular formula is C18H23NO2. The number of nitrogens with two attached hydrogens (primary N) is 1. The Bertz CT molecular complexity index is 553. The molecule has 0 saturated heterocycles. The summed E-state index contributed by atoms with van der Waals surface area (Å²) in [6.45, 7) is 7.61. The fourth-order valence-electron chi connectivity index (χ4n) is 1.93. The van der Waals surface area contributed by atoms with Crippen molar-refractivity contribution in [2.45, 2.75) is 26.2 Å². The average molecular weight is 285 g/mol. The Hall–Kier alpha value is -2.16. The fraction of sp³-hybridized carbons (Fsp3) is 0.333. The van der Waals surface area contributed by atoms with E-state index >= 15 is 0 Å². The molecule has 0 saturated carbocycles. The molecule has 0 unspecified atom stereocenters. The molecule has 2 aromatic rings. The van der Waals surface area contributed by atoms with Gasteiger partial charge in [-0.3, -0.25) is 0 Å². The topological polar surface area (TPSA) is 44.5 Å². The highest BCUT2D eigenvalue weighted by Crippen LogP contribution is 2.24. The summed E-state index contributed by atoms with van der Waals surface area (Å²) in [6, 6.07) is 15.6. The van der Waals surface area contributed by atoms with Gasteiger partial charge in [-0.05, 0) is 47.4 Å². The van der Waals surface area contributed by atoms with Crippen molar-refractivity contribution in [1.82, 2.24) is 0 Å². The molecule has 3 nitrogen and oxygen atoms in total. The van der Waals surface area contributed by atoms with Crippen molar-refractivity contribution in [3.05, 3.63) is 54.1 Å². The van der Waals surface area contributed by atoms with Crippen LogP contribution in [0.25, 0.3) is 0 Å². The van der Waals surface area contributed by atoms with Crippen LogP contribution in [-0.4, -0.2) is 13.2 Å². The predicted molar refractivity (Wildman–Crippen MR) is 87.0 cm³/mol. The van der Waals surface area contributed by atoms with Crippen molar-refractivity contribution in [3.8, 4) is 11.5 Å². The van der Waals surface area contributed by atoms with Gasteiger partial charge in [0.2, 0.25) is 0 Å². The second-order valence-corrected chi connectivity index (χ2v) is 6.04. The second-order valence-electron chi connectivity index (χ2n) is 6.04. The summed E-state index contributed by atoms with van der Waals surface area (Å²) < 4.78 is 11.2. The highest BCUT2D eigenvalue weighted by Gasteiger charge is 2.12. The van der Waals surface area contributed by atoms with Gasteiger partial charge in [0.25, 0.3) is 0 Å². The van der Waals surface area contributed by atoms with Gasteiger partial charge in [0, 0.05) is 5.69 Å². The van der Waals surface area contributed by atoms with Crippen molar-refractivity contribution in [3.63, 3.8) is 0 Å². The first kappa shape index (κ1) is 15.2. The van der Waals surface area contributed by atoms with E-state index in [0.29, 0.717) is 13.2 Å². The van der Waals surface area contributed by atoms with E-state index in [1.807, 2.05) is 36.4 Å². The molecule has 0 aliphatic heterocycles. The van der Waals surface area contributed by atoms with E-state index in [0.717, 1.165) is 17.2 Å². The first-order valence-electron chi connectivity index (χ1n) is 7.17. The SMILES string of the molecule is CC(C)(C)c1ccc(OCCOc2ccc(N)cc2)cc1. The Balaban J connectivity index is 1.77. The van der Waals surface area contributed by atoms with E-state index in [4.69, 9.17) is 15.2 Å². The minimum absolute atomic E-state index is 0.163. The first-order valence-corrected chi connectivity index (χ1v) is 7.17. The number of rotatable bonds is 5. The quantitative estimate of drug-likeness (QED) is 0.666. The summed E-state index contributed by atoms with van der Waals surface area (Å²) in [5.74, 6) is 1.67. The molecule has 2 aromatic carbocycles. The lowest BCUT2D eigenvalue weighted by Crippen LogP contribution is -2.11. The zero-order valence-electron chi connectivity index (χ0n) is 12.9. The molecule has 0 amide bonds. The van der Waals surface area contributed by atoms with Gasteiger partial charge in [0.15, 0.2) is 0 Å². The van der Waals surface area contributed by atoms with Crippen LogP contribution < -0.4 is 15.2 Å². The number of benzene rings is 2. The summed E-state index contributed by atoms with van der Waals surface area (Å²) in [5.41, 5.74) is 7.82. The smallest absolute Gasteiger partial charge is 0.122 e. The number of hydrogen-bond acceptors (Lipinski definition) is 3. The first-order chi connectivity index (χ1) is 9.95. The molecule has 3 heteroatoms. The van der Waals surface area contributed by atoms with E-state index in [2.05, 4.69) is 32.9 Å². The van der Waals surface area contributed by atoms with Crippen molar-refractivity contribution >= 4 is 5.69 Å². The molecule has 0 fully saturated rings. The maximum Gasteiger partial charge on any atom is 0.122 e. The molecule has 112 valence electrons. The largest absolute Gasteiger partial charge is 0.490 e. The zero-order chi connectivity index (χ0) is 15.3. The van der Waals surface area contributed by atoms with Gasteiger partial charge in [0.1, 0.15) is 24.7 Å². The molecule has 0 aromatic heterocycles. The maximum atomic E-state index is 5.67.